The Morgan fingerprint density at radius 3 is 2.70 bits per heavy atom. The molecule has 0 aliphatic rings. The predicted molar refractivity (Wildman–Crippen MR) is 107 cm³/mol. The van der Waals surface area contributed by atoms with Crippen molar-refractivity contribution >= 4 is 22.5 Å². The number of benzene rings is 2. The number of nitriles is 1. The SMILES string of the molecule is Cc1cc(OCc2ccc(-c3c(Cl)c[nH]c3C#N)cc2)nc2ccccc12. The van der Waals surface area contributed by atoms with Gasteiger partial charge in [-0.15, -0.1) is 0 Å². The van der Waals surface area contributed by atoms with Gasteiger partial charge in [0.1, 0.15) is 18.4 Å². The summed E-state index contributed by atoms with van der Waals surface area (Å²) in [5, 5.41) is 10.9. The molecule has 2 aromatic carbocycles. The Morgan fingerprint density at radius 2 is 1.93 bits per heavy atom. The summed E-state index contributed by atoms with van der Waals surface area (Å²) in [6, 6.07) is 19.9. The van der Waals surface area contributed by atoms with Gasteiger partial charge in [-0.2, -0.15) is 5.26 Å². The molecule has 0 spiro atoms. The van der Waals surface area contributed by atoms with Gasteiger partial charge in [-0.1, -0.05) is 54.1 Å². The van der Waals surface area contributed by atoms with E-state index in [1.54, 1.807) is 6.20 Å². The number of nitrogens with one attached hydrogen (secondary N) is 1. The van der Waals surface area contributed by atoms with Crippen molar-refractivity contribution in [2.24, 2.45) is 0 Å². The van der Waals surface area contributed by atoms with Crippen molar-refractivity contribution in [3.8, 4) is 23.1 Å². The van der Waals surface area contributed by atoms with Crippen molar-refractivity contribution in [3.05, 3.63) is 82.6 Å². The second-order valence-electron chi connectivity index (χ2n) is 6.28. The summed E-state index contributed by atoms with van der Waals surface area (Å²) in [6.07, 6.45) is 1.63. The molecule has 0 bridgehead atoms. The highest BCUT2D eigenvalue weighted by molar-refractivity contribution is 6.33. The van der Waals surface area contributed by atoms with Crippen LogP contribution < -0.4 is 4.74 Å². The van der Waals surface area contributed by atoms with E-state index >= 15 is 0 Å². The highest BCUT2D eigenvalue weighted by Crippen LogP contribution is 2.31. The van der Waals surface area contributed by atoms with Gasteiger partial charge in [-0.05, 0) is 29.7 Å². The molecule has 4 rings (SSSR count). The van der Waals surface area contributed by atoms with Crippen molar-refractivity contribution in [2.75, 3.05) is 0 Å². The first-order chi connectivity index (χ1) is 13.2. The van der Waals surface area contributed by atoms with Gasteiger partial charge < -0.3 is 9.72 Å². The number of fused-ring (bicyclic) bond motifs is 1. The molecule has 0 aliphatic heterocycles. The van der Waals surface area contributed by atoms with Crippen LogP contribution in [0.3, 0.4) is 0 Å². The van der Waals surface area contributed by atoms with E-state index in [1.165, 1.54) is 0 Å². The van der Waals surface area contributed by atoms with Crippen LogP contribution >= 0.6 is 11.6 Å². The average Bonchev–Trinajstić information content (AvgIpc) is 3.07. The Morgan fingerprint density at radius 1 is 1.15 bits per heavy atom. The molecule has 2 aromatic heterocycles. The normalized spacial score (nSPS) is 10.7. The lowest BCUT2D eigenvalue weighted by molar-refractivity contribution is 0.295. The maximum atomic E-state index is 9.19. The molecule has 4 aromatic rings. The van der Waals surface area contributed by atoms with E-state index in [4.69, 9.17) is 16.3 Å². The molecule has 132 valence electrons. The number of ether oxygens (including phenoxy) is 1. The molecule has 0 atom stereocenters. The van der Waals surface area contributed by atoms with Crippen LogP contribution in [0.15, 0.2) is 60.8 Å². The Labute approximate surface area is 162 Å². The van der Waals surface area contributed by atoms with Gasteiger partial charge in [0.15, 0.2) is 0 Å². The number of nitrogens with zero attached hydrogens (tertiary/aromatic N) is 2. The summed E-state index contributed by atoms with van der Waals surface area (Å²) >= 11 is 6.19. The third kappa shape index (κ3) is 3.38. The summed E-state index contributed by atoms with van der Waals surface area (Å²) in [5.41, 5.74) is 5.14. The Hall–Kier alpha value is -3.29. The van der Waals surface area contributed by atoms with E-state index in [9.17, 15) is 5.26 Å². The zero-order chi connectivity index (χ0) is 18.8. The first-order valence-corrected chi connectivity index (χ1v) is 8.89. The van der Waals surface area contributed by atoms with Crippen LogP contribution in [0.25, 0.3) is 22.0 Å². The van der Waals surface area contributed by atoms with Crippen molar-refractivity contribution in [2.45, 2.75) is 13.5 Å². The molecule has 0 unspecified atom stereocenters. The third-order valence-electron chi connectivity index (χ3n) is 4.47. The van der Waals surface area contributed by atoms with E-state index in [0.717, 1.165) is 33.2 Å². The Kier molecular flexibility index (Phi) is 4.53. The van der Waals surface area contributed by atoms with Gasteiger partial charge in [-0.25, -0.2) is 4.98 Å². The van der Waals surface area contributed by atoms with E-state index in [-0.39, 0.29) is 0 Å². The summed E-state index contributed by atoms with van der Waals surface area (Å²) < 4.78 is 5.88. The van der Waals surface area contributed by atoms with E-state index in [1.807, 2.05) is 48.5 Å². The molecule has 4 nitrogen and oxygen atoms in total. The molecule has 0 aliphatic carbocycles. The molecule has 0 radical (unpaired) electrons. The molecule has 1 N–H and O–H groups in total. The van der Waals surface area contributed by atoms with Crippen LogP contribution in [-0.4, -0.2) is 9.97 Å². The number of rotatable bonds is 4. The van der Waals surface area contributed by atoms with Crippen molar-refractivity contribution in [3.63, 3.8) is 0 Å². The van der Waals surface area contributed by atoms with Gasteiger partial charge in [0, 0.05) is 23.2 Å². The number of H-pyrrole nitrogens is 1. The van der Waals surface area contributed by atoms with Crippen LogP contribution in [0.2, 0.25) is 5.02 Å². The topological polar surface area (TPSA) is 61.7 Å². The zero-order valence-electron chi connectivity index (χ0n) is 14.7. The molecule has 27 heavy (non-hydrogen) atoms. The van der Waals surface area contributed by atoms with Crippen LogP contribution in [0.4, 0.5) is 0 Å². The van der Waals surface area contributed by atoms with Gasteiger partial charge in [-0.3, -0.25) is 0 Å². The summed E-state index contributed by atoms with van der Waals surface area (Å²) in [4.78, 5) is 7.44. The fourth-order valence-corrected chi connectivity index (χ4v) is 3.35. The number of hydrogen-bond donors (Lipinski definition) is 1. The first kappa shape index (κ1) is 17.1. The minimum Gasteiger partial charge on any atom is -0.473 e. The lowest BCUT2D eigenvalue weighted by Gasteiger charge is -2.09. The quantitative estimate of drug-likeness (QED) is 0.503. The minimum absolute atomic E-state index is 0.414. The molecule has 0 amide bonds. The second kappa shape index (κ2) is 7.14. The highest BCUT2D eigenvalue weighted by Gasteiger charge is 2.11. The van der Waals surface area contributed by atoms with Crippen LogP contribution in [-0.2, 0) is 6.61 Å². The Bertz CT molecular complexity index is 1160. The molecule has 0 saturated heterocycles. The van der Waals surface area contributed by atoms with Crippen LogP contribution in [0.1, 0.15) is 16.8 Å². The van der Waals surface area contributed by atoms with Gasteiger partial charge >= 0.3 is 0 Å². The van der Waals surface area contributed by atoms with Crippen molar-refractivity contribution in [1.82, 2.24) is 9.97 Å². The number of pyridine rings is 1. The lowest BCUT2D eigenvalue weighted by atomic mass is 10.0. The maximum Gasteiger partial charge on any atom is 0.214 e. The average molecular weight is 374 g/mol. The van der Waals surface area contributed by atoms with Crippen LogP contribution in [0.5, 0.6) is 5.88 Å². The van der Waals surface area contributed by atoms with Gasteiger partial charge in [0.2, 0.25) is 5.88 Å². The fourth-order valence-electron chi connectivity index (χ4n) is 3.09. The highest BCUT2D eigenvalue weighted by atomic mass is 35.5. The monoisotopic (exact) mass is 373 g/mol. The number of hydrogen-bond acceptors (Lipinski definition) is 3. The minimum atomic E-state index is 0.414. The standard InChI is InChI=1S/C22H16ClN3O/c1-14-10-21(26-19-5-3-2-4-17(14)19)27-13-15-6-8-16(9-7-15)22-18(23)12-25-20(22)11-24/h2-10,12,25H,13H2,1H3. The maximum absolute atomic E-state index is 9.19. The summed E-state index contributed by atoms with van der Waals surface area (Å²) in [6.45, 7) is 2.47. The van der Waals surface area contributed by atoms with Crippen LogP contribution in [0, 0.1) is 18.3 Å². The van der Waals surface area contributed by atoms with Gasteiger partial charge in [0.25, 0.3) is 0 Å². The number of aryl methyl sites for hydroxylation is 1. The first-order valence-electron chi connectivity index (χ1n) is 8.51. The molecular formula is C22H16ClN3O. The lowest BCUT2D eigenvalue weighted by Crippen LogP contribution is -1.98. The number of para-hydroxylation sites is 1. The van der Waals surface area contributed by atoms with Gasteiger partial charge in [0.05, 0.1) is 10.5 Å². The molecule has 2 heterocycles. The number of aromatic amines is 1. The summed E-state index contributed by atoms with van der Waals surface area (Å²) in [7, 11) is 0. The van der Waals surface area contributed by atoms with E-state index in [2.05, 4.69) is 29.0 Å². The number of aromatic nitrogens is 2. The zero-order valence-corrected chi connectivity index (χ0v) is 15.4. The third-order valence-corrected chi connectivity index (χ3v) is 4.77. The molecule has 0 saturated carbocycles. The Balaban J connectivity index is 1.53. The van der Waals surface area contributed by atoms with Crippen molar-refractivity contribution < 1.29 is 4.74 Å². The fraction of sp³-hybridized carbons (Fsp3) is 0.0909. The van der Waals surface area contributed by atoms with E-state index in [0.29, 0.717) is 23.2 Å². The second-order valence-corrected chi connectivity index (χ2v) is 6.69. The summed E-state index contributed by atoms with van der Waals surface area (Å²) in [5.74, 6) is 0.607. The predicted octanol–water partition coefficient (Wildman–Crippen LogP) is 5.64. The smallest absolute Gasteiger partial charge is 0.214 e. The van der Waals surface area contributed by atoms with E-state index < -0.39 is 0 Å². The number of halogens is 1. The molecule has 5 heteroatoms. The molecule has 0 fully saturated rings. The largest absolute Gasteiger partial charge is 0.473 e. The van der Waals surface area contributed by atoms with Crippen molar-refractivity contribution in [1.29, 1.82) is 5.26 Å². The molecular weight excluding hydrogens is 358 g/mol.